The summed E-state index contributed by atoms with van der Waals surface area (Å²) >= 11 is 0. The Morgan fingerprint density at radius 2 is 1.71 bits per heavy atom. The molecule has 2 aliphatic heterocycles. The number of aliphatic hydroxyl groups excluding tert-OH is 2. The second-order valence-electron chi connectivity index (χ2n) is 16.1. The van der Waals surface area contributed by atoms with Crippen molar-refractivity contribution < 1.29 is 48.5 Å². The largest absolute Gasteiger partial charge is 0.490 e. The van der Waals surface area contributed by atoms with Gasteiger partial charge in [-0.25, -0.2) is 0 Å². The van der Waals surface area contributed by atoms with Crippen molar-refractivity contribution >= 4 is 17.3 Å². The number of carbonyl (C=O) groups is 1. The monoisotopic (exact) mass is 851 g/mol. The van der Waals surface area contributed by atoms with Gasteiger partial charge in [-0.3, -0.25) is 14.9 Å². The van der Waals surface area contributed by atoms with Crippen LogP contribution in [0.4, 0.5) is 5.69 Å². The number of amides is 1. The summed E-state index contributed by atoms with van der Waals surface area (Å²) in [5.41, 5.74) is 3.56. The van der Waals surface area contributed by atoms with Gasteiger partial charge in [-0.2, -0.15) is 0 Å². The van der Waals surface area contributed by atoms with E-state index in [2.05, 4.69) is 19.2 Å². The fraction of sp³-hybridized carbons (Fsp3) is 0.458. The molecule has 6 unspecified atom stereocenters. The van der Waals surface area contributed by atoms with E-state index in [-0.39, 0.29) is 69.0 Å². The van der Waals surface area contributed by atoms with Crippen LogP contribution >= 0.6 is 0 Å². The van der Waals surface area contributed by atoms with Crippen molar-refractivity contribution in [1.82, 2.24) is 4.90 Å². The number of ether oxygens (including phenoxy) is 5. The Hall–Kier alpha value is -5.70. The van der Waals surface area contributed by atoms with Crippen molar-refractivity contribution in [2.24, 2.45) is 22.9 Å². The fourth-order valence-corrected chi connectivity index (χ4v) is 9.63. The van der Waals surface area contributed by atoms with Gasteiger partial charge in [0.1, 0.15) is 30.8 Å². The third-order valence-electron chi connectivity index (χ3n) is 12.3. The van der Waals surface area contributed by atoms with Gasteiger partial charge in [0, 0.05) is 55.4 Å². The average Bonchev–Trinajstić information content (AvgIpc) is 3.76. The van der Waals surface area contributed by atoms with Crippen LogP contribution in [0.15, 0.2) is 103 Å². The van der Waals surface area contributed by atoms with Crippen LogP contribution < -0.4 is 18.9 Å². The molecule has 62 heavy (non-hydrogen) atoms. The Bertz CT molecular complexity index is 2140. The van der Waals surface area contributed by atoms with Crippen LogP contribution in [0.2, 0.25) is 0 Å². The molecule has 1 fully saturated rings. The van der Waals surface area contributed by atoms with Gasteiger partial charge in [0.05, 0.1) is 23.2 Å². The quantitative estimate of drug-likeness (QED) is 0.0432. The predicted molar refractivity (Wildman–Crippen MR) is 232 cm³/mol. The maximum Gasteiger partial charge on any atom is 0.269 e. The van der Waals surface area contributed by atoms with Crippen LogP contribution in [0.25, 0.3) is 0 Å². The van der Waals surface area contributed by atoms with Crippen molar-refractivity contribution in [3.8, 4) is 23.0 Å². The van der Waals surface area contributed by atoms with Crippen LogP contribution in [0.5, 0.6) is 23.0 Å². The second kappa shape index (κ2) is 20.4. The lowest BCUT2D eigenvalue weighted by molar-refractivity contribution is -0.384. The molecule has 6 atom stereocenters. The smallest absolute Gasteiger partial charge is 0.269 e. The Kier molecular flexibility index (Phi) is 14.6. The number of aliphatic hydroxyl groups is 2. The predicted octanol–water partition coefficient (Wildman–Crippen LogP) is 8.27. The van der Waals surface area contributed by atoms with E-state index in [9.17, 15) is 20.3 Å². The number of nitro benzene ring substituents is 1. The Balaban J connectivity index is 1.42. The summed E-state index contributed by atoms with van der Waals surface area (Å²) in [4.78, 5) is 34.0. The summed E-state index contributed by atoms with van der Waals surface area (Å²) in [7, 11) is 0. The summed E-state index contributed by atoms with van der Waals surface area (Å²) in [6.45, 7) is 11.0. The van der Waals surface area contributed by atoms with Crippen molar-refractivity contribution in [3.63, 3.8) is 0 Å². The van der Waals surface area contributed by atoms with Crippen molar-refractivity contribution in [1.29, 1.82) is 0 Å². The molecule has 2 aliphatic carbocycles. The minimum absolute atomic E-state index is 0.0241. The van der Waals surface area contributed by atoms with Crippen LogP contribution in [0.1, 0.15) is 85.7 Å². The van der Waals surface area contributed by atoms with E-state index >= 15 is 4.79 Å². The molecule has 2 N–H and O–H groups in total. The van der Waals surface area contributed by atoms with E-state index in [0.29, 0.717) is 72.3 Å². The zero-order valence-electron chi connectivity index (χ0n) is 35.3. The van der Waals surface area contributed by atoms with Gasteiger partial charge in [-0.05, 0) is 104 Å². The van der Waals surface area contributed by atoms with Crippen LogP contribution in [0.3, 0.4) is 0 Å². The Morgan fingerprint density at radius 1 is 0.968 bits per heavy atom. The minimum Gasteiger partial charge on any atom is -0.490 e. The van der Waals surface area contributed by atoms with E-state index in [1.165, 1.54) is 12.1 Å². The molecule has 330 valence electrons. The van der Waals surface area contributed by atoms with Crippen LogP contribution in [-0.2, 0) is 16.2 Å². The van der Waals surface area contributed by atoms with Crippen LogP contribution in [-0.4, -0.2) is 83.2 Å². The molecule has 1 amide bonds. The first-order chi connectivity index (χ1) is 30.3. The van der Waals surface area contributed by atoms with Gasteiger partial charge in [-0.15, -0.1) is 6.58 Å². The number of non-ortho nitro benzene ring substituents is 1. The SMILES string of the molecule is C=CCOc1ccc2c(c1)C1C(CCCCO)C(CCCCO)C=C3C(=NOCc4ccc([N+](=O)[O-])cc4)CC(N(CCC)C(=O)c4ccc5c(c4)OCO5)C(OCC=C)(O2)C31. The zero-order chi connectivity index (χ0) is 43.6. The first-order valence-corrected chi connectivity index (χ1v) is 21.6. The third kappa shape index (κ3) is 9.23. The first-order valence-electron chi connectivity index (χ1n) is 21.6. The number of nitro groups is 1. The van der Waals surface area contributed by atoms with Crippen molar-refractivity contribution in [2.45, 2.75) is 82.6 Å². The Labute approximate surface area is 362 Å². The summed E-state index contributed by atoms with van der Waals surface area (Å²) in [6.07, 6.45) is 10.9. The lowest BCUT2D eigenvalue weighted by Crippen LogP contribution is -2.70. The number of nitrogens with zero attached hydrogens (tertiary/aromatic N) is 3. The first kappa shape index (κ1) is 44.4. The normalized spacial score (nSPS) is 23.6. The highest BCUT2D eigenvalue weighted by molar-refractivity contribution is 6.03. The van der Waals surface area contributed by atoms with Crippen LogP contribution in [0, 0.1) is 27.9 Å². The van der Waals surface area contributed by atoms with Gasteiger partial charge < -0.3 is 43.6 Å². The number of unbranched alkanes of at least 4 members (excludes halogenated alkanes) is 2. The Morgan fingerprint density at radius 3 is 2.44 bits per heavy atom. The number of hydrogen-bond donors (Lipinski definition) is 2. The summed E-state index contributed by atoms with van der Waals surface area (Å²) < 4.78 is 31.8. The standard InChI is InChI=1S/C48H57N3O11/c1-4-21-50(47(54)34-15-19-42-43(27-34)59-31-58-42)44-29-40(49-61-30-32-13-16-35(17-14-32)51(55)56)38-26-33(11-7-9-22-52)37(12-8-10-23-53)45-39-28-36(57-24-5-2)18-20-41(39)62-48(44,46(38)45)60-25-6-3/h5-6,13-20,26-28,33,37,44-46,52-53H,2-4,7-12,21-25,29-31H2,1H3. The molecule has 0 spiro atoms. The van der Waals surface area contributed by atoms with Crippen molar-refractivity contribution in [2.75, 3.05) is 39.8 Å². The highest BCUT2D eigenvalue weighted by atomic mass is 16.7. The average molecular weight is 852 g/mol. The van der Waals surface area contributed by atoms with Gasteiger partial charge in [0.15, 0.2) is 11.5 Å². The van der Waals surface area contributed by atoms with E-state index in [4.69, 9.17) is 33.7 Å². The molecule has 14 nitrogen and oxygen atoms in total. The third-order valence-corrected chi connectivity index (χ3v) is 12.3. The van der Waals surface area contributed by atoms with Crippen molar-refractivity contribution in [3.05, 3.63) is 124 Å². The number of benzene rings is 3. The van der Waals surface area contributed by atoms with Gasteiger partial charge in [0.2, 0.25) is 12.6 Å². The molecule has 0 bridgehead atoms. The van der Waals surface area contributed by atoms with E-state index in [0.717, 1.165) is 36.8 Å². The highest BCUT2D eigenvalue weighted by Gasteiger charge is 2.65. The molecule has 4 aliphatic rings. The highest BCUT2D eigenvalue weighted by Crippen LogP contribution is 2.62. The molecule has 2 heterocycles. The molecule has 7 rings (SSSR count). The molecule has 3 aromatic carbocycles. The fourth-order valence-electron chi connectivity index (χ4n) is 9.63. The number of carbonyl (C=O) groups excluding carboxylic acids is 1. The number of oxime groups is 1. The maximum atomic E-state index is 15.1. The molecular formula is C48H57N3O11. The zero-order valence-corrected chi connectivity index (χ0v) is 35.3. The van der Waals surface area contributed by atoms with Gasteiger partial charge in [-0.1, -0.05) is 49.7 Å². The van der Waals surface area contributed by atoms with E-state index in [1.54, 1.807) is 42.5 Å². The van der Waals surface area contributed by atoms with Gasteiger partial charge >= 0.3 is 0 Å². The number of hydrogen-bond acceptors (Lipinski definition) is 12. The molecule has 1 saturated carbocycles. The minimum atomic E-state index is -1.44. The van der Waals surface area contributed by atoms with Gasteiger partial charge in [0.25, 0.3) is 11.6 Å². The summed E-state index contributed by atoms with van der Waals surface area (Å²) in [5, 5.41) is 36.1. The molecule has 0 aromatic heterocycles. The molecule has 0 saturated heterocycles. The van der Waals surface area contributed by atoms with E-state index in [1.807, 2.05) is 30.0 Å². The molecular weight excluding hydrogens is 795 g/mol. The number of rotatable bonds is 22. The number of allylic oxidation sites excluding steroid dienone is 1. The maximum absolute atomic E-state index is 15.1. The lowest BCUT2D eigenvalue weighted by Gasteiger charge is -2.60. The molecule has 0 radical (unpaired) electrons. The number of fused-ring (bicyclic) bond motifs is 3. The van der Waals surface area contributed by atoms with E-state index < -0.39 is 22.7 Å². The second-order valence-corrected chi connectivity index (χ2v) is 16.1. The summed E-state index contributed by atoms with van der Waals surface area (Å²) in [6, 6.07) is 16.5. The molecule has 14 heteroatoms. The molecule has 3 aromatic rings. The topological polar surface area (TPSA) is 172 Å². The lowest BCUT2D eigenvalue weighted by atomic mass is 9.55. The summed E-state index contributed by atoms with van der Waals surface area (Å²) in [5.74, 6) is -0.0273.